The topological polar surface area (TPSA) is 41.1 Å². The van der Waals surface area contributed by atoms with Gasteiger partial charge in [0.15, 0.2) is 0 Å². The summed E-state index contributed by atoms with van der Waals surface area (Å²) in [6, 6.07) is 17.3. The van der Waals surface area contributed by atoms with Gasteiger partial charge in [-0.05, 0) is 42.1 Å². The molecule has 26 heavy (non-hydrogen) atoms. The quantitative estimate of drug-likeness (QED) is 0.554. The number of hydrogen-bond donors (Lipinski definition) is 2. The number of rotatable bonds is 6. The van der Waals surface area contributed by atoms with Gasteiger partial charge in [-0.15, -0.1) is 11.3 Å². The number of carbonyl (C=O) groups excluding carboxylic acids is 1. The summed E-state index contributed by atoms with van der Waals surface area (Å²) in [5.74, 6) is -0.178. The molecule has 0 fully saturated rings. The summed E-state index contributed by atoms with van der Waals surface area (Å²) in [7, 11) is 0. The predicted octanol–water partition coefficient (Wildman–Crippen LogP) is 5.68. The van der Waals surface area contributed by atoms with Crippen LogP contribution < -0.4 is 10.6 Å². The normalized spacial score (nSPS) is 12.0. The first-order chi connectivity index (χ1) is 12.5. The number of thiophene rings is 1. The molecule has 3 rings (SSSR count). The van der Waals surface area contributed by atoms with Gasteiger partial charge in [0.1, 0.15) is 0 Å². The fourth-order valence-corrected chi connectivity index (χ4v) is 3.74. The van der Waals surface area contributed by atoms with Gasteiger partial charge in [0.05, 0.1) is 23.3 Å². The number of anilines is 1. The Balaban J connectivity index is 1.70. The van der Waals surface area contributed by atoms with E-state index in [4.69, 9.17) is 23.2 Å². The molecule has 6 heteroatoms. The first-order valence-electron chi connectivity index (χ1n) is 8.11. The lowest BCUT2D eigenvalue weighted by molar-refractivity contribution is -0.115. The minimum Gasteiger partial charge on any atom is -0.324 e. The van der Waals surface area contributed by atoms with Crippen LogP contribution in [0.2, 0.25) is 10.0 Å². The van der Waals surface area contributed by atoms with Crippen LogP contribution in [0.15, 0.2) is 60.0 Å². The molecule has 1 heterocycles. The molecule has 1 amide bonds. The van der Waals surface area contributed by atoms with Crippen LogP contribution in [-0.2, 0) is 4.79 Å². The lowest BCUT2D eigenvalue weighted by atomic mass is 10.0. The zero-order chi connectivity index (χ0) is 18.5. The van der Waals surface area contributed by atoms with Crippen molar-refractivity contribution in [2.24, 2.45) is 0 Å². The highest BCUT2D eigenvalue weighted by Crippen LogP contribution is 2.27. The third-order valence-corrected chi connectivity index (χ3v) is 5.41. The second-order valence-corrected chi connectivity index (χ2v) is 7.74. The van der Waals surface area contributed by atoms with E-state index >= 15 is 0 Å². The fraction of sp³-hybridized carbons (Fsp3) is 0.150. The second kappa shape index (κ2) is 8.69. The summed E-state index contributed by atoms with van der Waals surface area (Å²) in [5, 5.41) is 9.14. The largest absolute Gasteiger partial charge is 0.324 e. The van der Waals surface area contributed by atoms with E-state index in [1.54, 1.807) is 29.5 Å². The second-order valence-electron chi connectivity index (χ2n) is 5.91. The molecule has 0 saturated carbocycles. The Labute approximate surface area is 167 Å². The van der Waals surface area contributed by atoms with Gasteiger partial charge in [-0.25, -0.2) is 0 Å². The van der Waals surface area contributed by atoms with Gasteiger partial charge in [0.2, 0.25) is 5.91 Å². The van der Waals surface area contributed by atoms with Crippen molar-refractivity contribution >= 4 is 46.1 Å². The van der Waals surface area contributed by atoms with Crippen molar-refractivity contribution in [3.63, 3.8) is 0 Å². The van der Waals surface area contributed by atoms with Crippen LogP contribution >= 0.6 is 34.5 Å². The molecule has 0 radical (unpaired) electrons. The maximum absolute atomic E-state index is 12.4. The van der Waals surface area contributed by atoms with Gasteiger partial charge < -0.3 is 5.32 Å². The Morgan fingerprint density at radius 1 is 1.12 bits per heavy atom. The van der Waals surface area contributed by atoms with Gasteiger partial charge in [0.25, 0.3) is 0 Å². The van der Waals surface area contributed by atoms with E-state index < -0.39 is 0 Å². The maximum atomic E-state index is 12.4. The molecule has 1 atom stereocenters. The number of aryl methyl sites for hydroxylation is 1. The van der Waals surface area contributed by atoms with Crippen LogP contribution in [0.4, 0.5) is 5.69 Å². The van der Waals surface area contributed by atoms with Crippen LogP contribution in [0.25, 0.3) is 0 Å². The Kier molecular flexibility index (Phi) is 6.33. The van der Waals surface area contributed by atoms with Crippen molar-refractivity contribution in [3.8, 4) is 0 Å². The molecule has 134 valence electrons. The SMILES string of the molecule is Cc1ccc([C@@H](NCC(=O)Nc2cc(Cl)ccc2Cl)c2cccs2)cc1. The Hall–Kier alpha value is -1.85. The van der Waals surface area contributed by atoms with Gasteiger partial charge >= 0.3 is 0 Å². The first-order valence-corrected chi connectivity index (χ1v) is 9.75. The first kappa shape index (κ1) is 18.9. The van der Waals surface area contributed by atoms with Gasteiger partial charge in [-0.1, -0.05) is 59.1 Å². The summed E-state index contributed by atoms with van der Waals surface area (Å²) in [5.41, 5.74) is 2.83. The van der Waals surface area contributed by atoms with Crippen LogP contribution in [0.1, 0.15) is 22.0 Å². The predicted molar refractivity (Wildman–Crippen MR) is 110 cm³/mol. The van der Waals surface area contributed by atoms with Gasteiger partial charge in [-0.3, -0.25) is 10.1 Å². The molecule has 0 spiro atoms. The van der Waals surface area contributed by atoms with Crippen molar-refractivity contribution in [2.75, 3.05) is 11.9 Å². The zero-order valence-corrected chi connectivity index (χ0v) is 16.5. The van der Waals surface area contributed by atoms with Crippen LogP contribution in [0, 0.1) is 6.92 Å². The molecule has 1 aromatic heterocycles. The van der Waals surface area contributed by atoms with Crippen LogP contribution in [0.3, 0.4) is 0 Å². The highest BCUT2D eigenvalue weighted by molar-refractivity contribution is 7.10. The van der Waals surface area contributed by atoms with E-state index in [1.807, 2.05) is 11.4 Å². The van der Waals surface area contributed by atoms with Crippen LogP contribution in [-0.4, -0.2) is 12.5 Å². The van der Waals surface area contributed by atoms with E-state index in [-0.39, 0.29) is 18.5 Å². The average Bonchev–Trinajstić information content (AvgIpc) is 3.14. The summed E-state index contributed by atoms with van der Waals surface area (Å²) in [6.45, 7) is 2.21. The summed E-state index contributed by atoms with van der Waals surface area (Å²) < 4.78 is 0. The monoisotopic (exact) mass is 404 g/mol. The third kappa shape index (κ3) is 4.86. The molecule has 0 bridgehead atoms. The average molecular weight is 405 g/mol. The van der Waals surface area contributed by atoms with E-state index in [0.29, 0.717) is 15.7 Å². The van der Waals surface area contributed by atoms with Crippen molar-refractivity contribution in [1.82, 2.24) is 5.32 Å². The molecule has 2 N–H and O–H groups in total. The molecule has 0 saturated heterocycles. The Morgan fingerprint density at radius 3 is 2.58 bits per heavy atom. The fourth-order valence-electron chi connectivity index (χ4n) is 2.58. The van der Waals surface area contributed by atoms with Gasteiger partial charge in [-0.2, -0.15) is 0 Å². The number of hydrogen-bond acceptors (Lipinski definition) is 3. The standard InChI is InChI=1S/C20H18Cl2N2OS/c1-13-4-6-14(7-5-13)20(18-3-2-10-26-18)23-12-19(25)24-17-11-15(21)8-9-16(17)22/h2-11,20,23H,12H2,1H3,(H,24,25)/t20-/m1/s1. The number of halogens is 2. The number of nitrogens with one attached hydrogen (secondary N) is 2. The van der Waals surface area contributed by atoms with Crippen molar-refractivity contribution in [2.45, 2.75) is 13.0 Å². The lowest BCUT2D eigenvalue weighted by Gasteiger charge is -2.18. The molecule has 3 aromatic rings. The van der Waals surface area contributed by atoms with Gasteiger partial charge in [0, 0.05) is 9.90 Å². The maximum Gasteiger partial charge on any atom is 0.238 e. The molecule has 2 aromatic carbocycles. The highest BCUT2D eigenvalue weighted by Gasteiger charge is 2.16. The van der Waals surface area contributed by atoms with Crippen molar-refractivity contribution < 1.29 is 4.79 Å². The van der Waals surface area contributed by atoms with E-state index in [9.17, 15) is 4.79 Å². The van der Waals surface area contributed by atoms with E-state index in [1.165, 1.54) is 5.56 Å². The molecule has 0 aliphatic heterocycles. The smallest absolute Gasteiger partial charge is 0.238 e. The number of benzene rings is 2. The summed E-state index contributed by atoms with van der Waals surface area (Å²) in [4.78, 5) is 13.5. The molecular formula is C20H18Cl2N2OS. The molecule has 0 aliphatic carbocycles. The lowest BCUT2D eigenvalue weighted by Crippen LogP contribution is -2.31. The molecule has 0 unspecified atom stereocenters. The minimum atomic E-state index is -0.178. The number of carbonyl (C=O) groups is 1. The minimum absolute atomic E-state index is 0.0452. The highest BCUT2D eigenvalue weighted by atomic mass is 35.5. The zero-order valence-electron chi connectivity index (χ0n) is 14.1. The van der Waals surface area contributed by atoms with E-state index in [0.717, 1.165) is 10.4 Å². The molecule has 3 nitrogen and oxygen atoms in total. The van der Waals surface area contributed by atoms with Crippen LogP contribution in [0.5, 0.6) is 0 Å². The van der Waals surface area contributed by atoms with Crippen molar-refractivity contribution in [3.05, 3.63) is 86.0 Å². The Morgan fingerprint density at radius 2 is 1.88 bits per heavy atom. The summed E-state index contributed by atoms with van der Waals surface area (Å²) in [6.07, 6.45) is 0. The van der Waals surface area contributed by atoms with E-state index in [2.05, 4.69) is 47.9 Å². The number of amides is 1. The molecular weight excluding hydrogens is 387 g/mol. The summed E-state index contributed by atoms with van der Waals surface area (Å²) >= 11 is 13.7. The van der Waals surface area contributed by atoms with Crippen molar-refractivity contribution in [1.29, 1.82) is 0 Å². The Bertz CT molecular complexity index is 879. The third-order valence-electron chi connectivity index (χ3n) is 3.91. The molecule has 0 aliphatic rings.